The van der Waals surface area contributed by atoms with E-state index >= 15 is 0 Å². The molecule has 1 aromatic heterocycles. The predicted molar refractivity (Wildman–Crippen MR) is 34.3 cm³/mol. The molecule has 0 bridgehead atoms. The van der Waals surface area contributed by atoms with Crippen molar-refractivity contribution >= 4 is 24.0 Å². The fourth-order valence-electron chi connectivity index (χ4n) is 0.275. The topological polar surface area (TPSA) is 25.8 Å². The minimum Gasteiger partial charge on any atom is -0.159 e. The molecule has 0 N–H and O–H groups in total. The van der Waals surface area contributed by atoms with Gasteiger partial charge in [-0.05, 0) is 6.07 Å². The quantitative estimate of drug-likeness (QED) is 0.562. The molecule has 0 unspecified atom stereocenters. The van der Waals surface area contributed by atoms with E-state index in [2.05, 4.69) is 10.2 Å². The highest BCUT2D eigenvalue weighted by molar-refractivity contribution is 6.30. The largest absolute Gasteiger partial charge is 0.159 e. The van der Waals surface area contributed by atoms with Crippen molar-refractivity contribution < 1.29 is 0 Å². The van der Waals surface area contributed by atoms with Gasteiger partial charge in [0.2, 0.25) is 0 Å². The zero-order valence-corrected chi connectivity index (χ0v) is 5.49. The van der Waals surface area contributed by atoms with Gasteiger partial charge in [0.05, 0.1) is 17.4 Å². The minimum atomic E-state index is 0. The van der Waals surface area contributed by atoms with Crippen LogP contribution in [0.1, 0.15) is 0 Å². The molecule has 0 aromatic carbocycles. The highest BCUT2D eigenvalue weighted by Crippen LogP contribution is 1.99. The van der Waals surface area contributed by atoms with Crippen molar-refractivity contribution in [3.05, 3.63) is 23.5 Å². The van der Waals surface area contributed by atoms with Crippen LogP contribution in [-0.4, -0.2) is 10.2 Å². The van der Waals surface area contributed by atoms with Gasteiger partial charge in [-0.25, -0.2) is 0 Å². The molecular weight excluding hydrogens is 147 g/mol. The average Bonchev–Trinajstić information content (AvgIpc) is 1.69. The summed E-state index contributed by atoms with van der Waals surface area (Å²) in [5.41, 5.74) is 0. The zero-order valence-electron chi connectivity index (χ0n) is 3.91. The van der Waals surface area contributed by atoms with Crippen LogP contribution in [0.15, 0.2) is 18.5 Å². The Balaban J connectivity index is 0.000000490. The second-order valence-corrected chi connectivity index (χ2v) is 1.50. The molecule has 0 amide bonds. The molecule has 0 spiro atoms. The van der Waals surface area contributed by atoms with E-state index in [4.69, 9.17) is 11.6 Å². The number of nitrogens with zero attached hydrogens (tertiary/aromatic N) is 2. The fraction of sp³-hybridized carbons (Fsp3) is 0. The Kier molecular flexibility index (Phi) is 3.48. The first-order chi connectivity index (χ1) is 3.39. The van der Waals surface area contributed by atoms with Gasteiger partial charge in [0.1, 0.15) is 0 Å². The Morgan fingerprint density at radius 2 is 2.12 bits per heavy atom. The third-order valence-corrected chi connectivity index (χ3v) is 0.772. The van der Waals surface area contributed by atoms with Crippen LogP contribution in [0.3, 0.4) is 0 Å². The van der Waals surface area contributed by atoms with Crippen molar-refractivity contribution in [3.63, 3.8) is 0 Å². The summed E-state index contributed by atoms with van der Waals surface area (Å²) in [7, 11) is 0. The molecular formula is C4H4Cl2N2. The first kappa shape index (κ1) is 7.66. The Bertz CT molecular complexity index is 142. The Labute approximate surface area is 58.3 Å². The highest BCUT2D eigenvalue weighted by Gasteiger charge is 1.77. The summed E-state index contributed by atoms with van der Waals surface area (Å²) in [6.45, 7) is 0. The molecule has 1 rings (SSSR count). The summed E-state index contributed by atoms with van der Waals surface area (Å²) < 4.78 is 0. The number of rotatable bonds is 0. The maximum atomic E-state index is 5.44. The van der Waals surface area contributed by atoms with Gasteiger partial charge in [-0.15, -0.1) is 12.4 Å². The van der Waals surface area contributed by atoms with Gasteiger partial charge in [0.15, 0.2) is 0 Å². The van der Waals surface area contributed by atoms with E-state index in [0.29, 0.717) is 5.02 Å². The second-order valence-electron chi connectivity index (χ2n) is 1.06. The molecule has 4 heteroatoms. The Hall–Kier alpha value is -0.340. The highest BCUT2D eigenvalue weighted by atomic mass is 35.5. The second kappa shape index (κ2) is 3.64. The molecule has 0 atom stereocenters. The van der Waals surface area contributed by atoms with Crippen molar-refractivity contribution in [2.45, 2.75) is 0 Å². The molecule has 0 aliphatic carbocycles. The maximum Gasteiger partial charge on any atom is 0.0682 e. The van der Waals surface area contributed by atoms with Crippen molar-refractivity contribution in [3.8, 4) is 0 Å². The summed E-state index contributed by atoms with van der Waals surface area (Å²) in [5, 5.41) is 7.63. The maximum absolute atomic E-state index is 5.44. The van der Waals surface area contributed by atoms with Crippen molar-refractivity contribution in [2.24, 2.45) is 0 Å². The molecule has 1 heterocycles. The molecule has 8 heavy (non-hydrogen) atoms. The summed E-state index contributed by atoms with van der Waals surface area (Å²) in [4.78, 5) is 0. The molecule has 0 aliphatic rings. The van der Waals surface area contributed by atoms with E-state index < -0.39 is 0 Å². The van der Waals surface area contributed by atoms with Crippen LogP contribution in [0.2, 0.25) is 5.02 Å². The van der Waals surface area contributed by atoms with Crippen LogP contribution in [-0.2, 0) is 0 Å². The smallest absolute Gasteiger partial charge is 0.0682 e. The SMILES string of the molecule is Cl.Clc1ccnnc1. The number of aromatic nitrogens is 2. The van der Waals surface area contributed by atoms with Crippen LogP contribution < -0.4 is 0 Å². The molecule has 44 valence electrons. The van der Waals surface area contributed by atoms with Crippen LogP contribution in [0.5, 0.6) is 0 Å². The third-order valence-electron chi connectivity index (χ3n) is 0.548. The van der Waals surface area contributed by atoms with E-state index in [1.807, 2.05) is 0 Å². The molecule has 0 radical (unpaired) electrons. The van der Waals surface area contributed by atoms with Crippen LogP contribution in [0.4, 0.5) is 0 Å². The molecule has 0 saturated carbocycles. The number of hydrogen-bond acceptors (Lipinski definition) is 2. The van der Waals surface area contributed by atoms with Gasteiger partial charge < -0.3 is 0 Å². The Morgan fingerprint density at radius 3 is 2.38 bits per heavy atom. The molecule has 0 aliphatic heterocycles. The lowest BCUT2D eigenvalue weighted by atomic mass is 10.6. The van der Waals surface area contributed by atoms with Gasteiger partial charge in [-0.2, -0.15) is 10.2 Å². The minimum absolute atomic E-state index is 0. The van der Waals surface area contributed by atoms with Crippen LogP contribution in [0, 0.1) is 0 Å². The summed E-state index contributed by atoms with van der Waals surface area (Å²) in [6.07, 6.45) is 3.03. The first-order valence-electron chi connectivity index (χ1n) is 1.82. The third kappa shape index (κ3) is 2.09. The lowest BCUT2D eigenvalue weighted by Crippen LogP contribution is -1.73. The molecule has 0 fully saturated rings. The van der Waals surface area contributed by atoms with Gasteiger partial charge >= 0.3 is 0 Å². The van der Waals surface area contributed by atoms with Crippen molar-refractivity contribution in [1.29, 1.82) is 0 Å². The monoisotopic (exact) mass is 150 g/mol. The van der Waals surface area contributed by atoms with E-state index in [-0.39, 0.29) is 12.4 Å². The standard InChI is InChI=1S/C4H3ClN2.ClH/c5-4-1-2-6-7-3-4;/h1-3H;1H. The van der Waals surface area contributed by atoms with Gasteiger partial charge in [-0.3, -0.25) is 0 Å². The van der Waals surface area contributed by atoms with Crippen LogP contribution >= 0.6 is 24.0 Å². The normalized spacial score (nSPS) is 7.62. The van der Waals surface area contributed by atoms with E-state index in [9.17, 15) is 0 Å². The number of hydrogen-bond donors (Lipinski definition) is 0. The van der Waals surface area contributed by atoms with Crippen LogP contribution in [0.25, 0.3) is 0 Å². The predicted octanol–water partition coefficient (Wildman–Crippen LogP) is 1.55. The lowest BCUT2D eigenvalue weighted by Gasteiger charge is -1.78. The number of halogens is 2. The first-order valence-corrected chi connectivity index (χ1v) is 2.19. The van der Waals surface area contributed by atoms with Crippen molar-refractivity contribution in [2.75, 3.05) is 0 Å². The van der Waals surface area contributed by atoms with Gasteiger partial charge in [0, 0.05) is 0 Å². The summed E-state index contributed by atoms with van der Waals surface area (Å²) in [6, 6.07) is 1.68. The molecule has 0 saturated heterocycles. The fourth-order valence-corrected chi connectivity index (χ4v) is 0.375. The van der Waals surface area contributed by atoms with E-state index in [0.717, 1.165) is 0 Å². The summed E-state index contributed by atoms with van der Waals surface area (Å²) >= 11 is 5.44. The molecule has 1 aromatic rings. The van der Waals surface area contributed by atoms with Crippen molar-refractivity contribution in [1.82, 2.24) is 10.2 Å². The average molecular weight is 151 g/mol. The Morgan fingerprint density at radius 1 is 1.38 bits per heavy atom. The van der Waals surface area contributed by atoms with E-state index in [1.165, 1.54) is 6.20 Å². The van der Waals surface area contributed by atoms with Gasteiger partial charge in [0.25, 0.3) is 0 Å². The van der Waals surface area contributed by atoms with E-state index in [1.54, 1.807) is 12.3 Å². The zero-order chi connectivity index (χ0) is 5.11. The molecule has 2 nitrogen and oxygen atoms in total. The lowest BCUT2D eigenvalue weighted by molar-refractivity contribution is 1.03. The van der Waals surface area contributed by atoms with Gasteiger partial charge in [-0.1, -0.05) is 11.6 Å². The summed E-state index contributed by atoms with van der Waals surface area (Å²) in [5.74, 6) is 0.